The van der Waals surface area contributed by atoms with Gasteiger partial charge in [0.05, 0.1) is 25.5 Å². The molecule has 3 rings (SSSR count). The first kappa shape index (κ1) is 16.3. The summed E-state index contributed by atoms with van der Waals surface area (Å²) >= 11 is 12.9. The van der Waals surface area contributed by atoms with E-state index in [4.69, 9.17) is 23.2 Å². The Kier molecular flexibility index (Phi) is 4.12. The van der Waals surface area contributed by atoms with Crippen molar-refractivity contribution in [1.82, 2.24) is 0 Å². The molecule has 2 heterocycles. The van der Waals surface area contributed by atoms with Gasteiger partial charge in [0.1, 0.15) is 6.67 Å². The van der Waals surface area contributed by atoms with E-state index in [-0.39, 0.29) is 37.7 Å². The Morgan fingerprint density at radius 1 is 1.26 bits per heavy atom. The van der Waals surface area contributed by atoms with Gasteiger partial charge in [0.25, 0.3) is 0 Å². The molecule has 0 saturated carbocycles. The molecule has 0 spiro atoms. The van der Waals surface area contributed by atoms with E-state index in [2.05, 4.69) is 10.3 Å². The molecule has 3 nitrogen and oxygen atoms in total. The largest absolute Gasteiger partial charge is 0.433 e. The van der Waals surface area contributed by atoms with Gasteiger partial charge in [-0.05, 0) is 18.2 Å². The fraction of sp³-hybridized carbons (Fsp3) is 0.143. The first-order valence-corrected chi connectivity index (χ1v) is 7.84. The quantitative estimate of drug-likeness (QED) is 0.745. The van der Waals surface area contributed by atoms with Crippen molar-refractivity contribution < 1.29 is 18.0 Å². The maximum Gasteiger partial charge on any atom is 0.433 e. The molecular formula is C14H7Cl2F3N2OS. The average Bonchev–Trinajstić information content (AvgIpc) is 2.89. The number of nitrogens with zero attached hydrogens (tertiary/aromatic N) is 1. The Hall–Kier alpha value is -1.57. The minimum atomic E-state index is -4.58. The van der Waals surface area contributed by atoms with Crippen LogP contribution in [0.2, 0.25) is 10.0 Å². The van der Waals surface area contributed by atoms with Crippen LogP contribution in [0.1, 0.15) is 20.8 Å². The van der Waals surface area contributed by atoms with Gasteiger partial charge in [-0.15, -0.1) is 11.3 Å². The summed E-state index contributed by atoms with van der Waals surface area (Å²) in [6, 6.07) is 5.74. The standard InChI is InChI=1S/C14H7Cl2F3N2OS/c15-7-2-1-3-8(16)10(7)11(22)9-4-6-12(14(17,18)19)20-5-21-13(6)23-9/h1-4,21H,5H2. The van der Waals surface area contributed by atoms with Crippen LogP contribution in [0.4, 0.5) is 18.2 Å². The summed E-state index contributed by atoms with van der Waals surface area (Å²) < 4.78 is 39.0. The van der Waals surface area contributed by atoms with Crippen LogP contribution in [0, 0.1) is 0 Å². The van der Waals surface area contributed by atoms with Crippen LogP contribution in [0.5, 0.6) is 0 Å². The minimum absolute atomic E-state index is 0.0694. The number of benzene rings is 1. The molecule has 1 aliphatic rings. The van der Waals surface area contributed by atoms with Crippen LogP contribution < -0.4 is 5.32 Å². The zero-order chi connectivity index (χ0) is 16.8. The number of carbonyl (C=O) groups is 1. The van der Waals surface area contributed by atoms with Crippen LogP contribution >= 0.6 is 34.5 Å². The highest BCUT2D eigenvalue weighted by Gasteiger charge is 2.40. The number of aliphatic imine (C=N–C) groups is 1. The molecule has 2 aromatic rings. The van der Waals surface area contributed by atoms with Crippen molar-refractivity contribution in [3.05, 3.63) is 50.3 Å². The smallest absolute Gasteiger partial charge is 0.357 e. The third-order valence-corrected chi connectivity index (χ3v) is 4.87. The highest BCUT2D eigenvalue weighted by atomic mass is 35.5. The summed E-state index contributed by atoms with van der Waals surface area (Å²) in [5.41, 5.74) is -1.06. The van der Waals surface area contributed by atoms with E-state index in [1.54, 1.807) is 6.07 Å². The molecule has 9 heteroatoms. The molecule has 0 fully saturated rings. The summed E-state index contributed by atoms with van der Waals surface area (Å²) in [6.07, 6.45) is -4.58. The van der Waals surface area contributed by atoms with E-state index in [0.717, 1.165) is 11.3 Å². The van der Waals surface area contributed by atoms with Crippen molar-refractivity contribution in [3.8, 4) is 0 Å². The fourth-order valence-corrected chi connectivity index (χ4v) is 3.73. The van der Waals surface area contributed by atoms with Gasteiger partial charge in [0.2, 0.25) is 5.78 Å². The molecule has 1 aromatic heterocycles. The van der Waals surface area contributed by atoms with Crippen molar-refractivity contribution in [2.75, 3.05) is 12.0 Å². The zero-order valence-corrected chi connectivity index (χ0v) is 13.5. The van der Waals surface area contributed by atoms with Crippen molar-refractivity contribution in [2.45, 2.75) is 6.18 Å². The number of hydrogen-bond donors (Lipinski definition) is 1. The number of nitrogens with one attached hydrogen (secondary N) is 1. The number of thiophene rings is 1. The number of ketones is 1. The van der Waals surface area contributed by atoms with Gasteiger partial charge in [0.15, 0.2) is 5.71 Å². The second-order valence-corrected chi connectivity index (χ2v) is 6.49. The molecule has 1 N–H and O–H groups in total. The highest BCUT2D eigenvalue weighted by Crippen LogP contribution is 2.38. The number of alkyl halides is 3. The maximum atomic E-state index is 13.0. The van der Waals surface area contributed by atoms with E-state index >= 15 is 0 Å². The molecule has 0 bridgehead atoms. The lowest BCUT2D eigenvalue weighted by Gasteiger charge is -2.16. The van der Waals surface area contributed by atoms with E-state index in [1.807, 2.05) is 0 Å². The number of halogens is 5. The summed E-state index contributed by atoms with van der Waals surface area (Å²) in [6.45, 7) is -0.192. The van der Waals surface area contributed by atoms with Gasteiger partial charge in [-0.1, -0.05) is 29.3 Å². The predicted molar refractivity (Wildman–Crippen MR) is 85.3 cm³/mol. The van der Waals surface area contributed by atoms with Gasteiger partial charge in [0, 0.05) is 5.56 Å². The third-order valence-electron chi connectivity index (χ3n) is 3.15. The van der Waals surface area contributed by atoms with Crippen LogP contribution in [0.3, 0.4) is 0 Å². The SMILES string of the molecule is O=C(c1cc2c(s1)NCN=C2C(F)(F)F)c1c(Cl)cccc1Cl. The highest BCUT2D eigenvalue weighted by molar-refractivity contribution is 7.18. The summed E-state index contributed by atoms with van der Waals surface area (Å²) in [5, 5.41) is 3.27. The number of rotatable bonds is 2. The van der Waals surface area contributed by atoms with E-state index in [9.17, 15) is 18.0 Å². The lowest BCUT2D eigenvalue weighted by atomic mass is 10.1. The van der Waals surface area contributed by atoms with Gasteiger partial charge >= 0.3 is 6.18 Å². The summed E-state index contributed by atoms with van der Waals surface area (Å²) in [4.78, 5) is 16.1. The molecule has 120 valence electrons. The molecule has 0 atom stereocenters. The van der Waals surface area contributed by atoms with Crippen molar-refractivity contribution in [2.24, 2.45) is 4.99 Å². The number of carbonyl (C=O) groups excluding carboxylic acids is 1. The Balaban J connectivity index is 2.06. The Bertz CT molecular complexity index is 810. The van der Waals surface area contributed by atoms with Crippen molar-refractivity contribution >= 4 is 51.0 Å². The molecule has 1 aromatic carbocycles. The van der Waals surface area contributed by atoms with Gasteiger partial charge < -0.3 is 5.32 Å². The maximum absolute atomic E-state index is 13.0. The molecule has 1 aliphatic heterocycles. The topological polar surface area (TPSA) is 41.5 Å². The van der Waals surface area contributed by atoms with E-state index < -0.39 is 17.7 Å². The molecule has 0 saturated heterocycles. The number of fused-ring (bicyclic) bond motifs is 1. The average molecular weight is 379 g/mol. The molecular weight excluding hydrogens is 372 g/mol. The molecule has 23 heavy (non-hydrogen) atoms. The monoisotopic (exact) mass is 378 g/mol. The fourth-order valence-electron chi connectivity index (χ4n) is 2.17. The molecule has 0 aliphatic carbocycles. The van der Waals surface area contributed by atoms with E-state index in [1.165, 1.54) is 18.2 Å². The van der Waals surface area contributed by atoms with Gasteiger partial charge in [-0.25, -0.2) is 0 Å². The molecule has 0 unspecified atom stereocenters. The predicted octanol–water partition coefficient (Wildman–Crippen LogP) is 5.02. The van der Waals surface area contributed by atoms with Gasteiger partial charge in [-0.3, -0.25) is 9.79 Å². The molecule has 0 amide bonds. The normalized spacial score (nSPS) is 14.0. The third kappa shape index (κ3) is 2.96. The van der Waals surface area contributed by atoms with Crippen molar-refractivity contribution in [3.63, 3.8) is 0 Å². The lowest BCUT2D eigenvalue weighted by Crippen LogP contribution is -2.28. The van der Waals surface area contributed by atoms with Gasteiger partial charge in [-0.2, -0.15) is 13.2 Å². The second-order valence-electron chi connectivity index (χ2n) is 4.62. The lowest BCUT2D eigenvalue weighted by molar-refractivity contribution is -0.0582. The Morgan fingerprint density at radius 3 is 2.52 bits per heavy atom. The minimum Gasteiger partial charge on any atom is -0.357 e. The zero-order valence-electron chi connectivity index (χ0n) is 11.2. The number of hydrogen-bond acceptors (Lipinski definition) is 4. The molecule has 0 radical (unpaired) electrons. The van der Waals surface area contributed by atoms with E-state index in [0.29, 0.717) is 0 Å². The number of anilines is 1. The Labute approximate surface area is 142 Å². The van der Waals surface area contributed by atoms with Crippen LogP contribution in [0.25, 0.3) is 0 Å². The van der Waals surface area contributed by atoms with Crippen LogP contribution in [0.15, 0.2) is 29.3 Å². The first-order valence-electron chi connectivity index (χ1n) is 6.27. The first-order chi connectivity index (χ1) is 10.8. The van der Waals surface area contributed by atoms with Crippen LogP contribution in [-0.4, -0.2) is 24.3 Å². The van der Waals surface area contributed by atoms with Crippen LogP contribution in [-0.2, 0) is 0 Å². The van der Waals surface area contributed by atoms with Crippen molar-refractivity contribution in [1.29, 1.82) is 0 Å². The Morgan fingerprint density at radius 2 is 1.91 bits per heavy atom. The summed E-state index contributed by atoms with van der Waals surface area (Å²) in [7, 11) is 0. The second kappa shape index (κ2) is 5.81. The summed E-state index contributed by atoms with van der Waals surface area (Å²) in [5.74, 6) is -0.525.